The van der Waals surface area contributed by atoms with E-state index < -0.39 is 0 Å². The molecule has 0 atom stereocenters. The van der Waals surface area contributed by atoms with Gasteiger partial charge in [-0.15, -0.1) is 11.3 Å². The Morgan fingerprint density at radius 1 is 0.971 bits per heavy atom. The molecular weight excluding hydrogens is 452 g/mol. The van der Waals surface area contributed by atoms with Crippen molar-refractivity contribution in [2.24, 2.45) is 0 Å². The third-order valence-electron chi connectivity index (χ3n) is 5.76. The number of amides is 2. The van der Waals surface area contributed by atoms with Crippen LogP contribution in [0, 0.1) is 6.92 Å². The van der Waals surface area contributed by atoms with Crippen LogP contribution in [0.1, 0.15) is 42.2 Å². The fourth-order valence-electron chi connectivity index (χ4n) is 3.57. The molecule has 0 spiro atoms. The van der Waals surface area contributed by atoms with Gasteiger partial charge in [0.05, 0.1) is 33.9 Å². The fourth-order valence-corrected chi connectivity index (χ4v) is 4.50. The maximum atomic E-state index is 13.4. The van der Waals surface area contributed by atoms with E-state index in [9.17, 15) is 9.59 Å². The molecule has 34 heavy (non-hydrogen) atoms. The largest absolute Gasteiger partial charge is 0.493 e. The van der Waals surface area contributed by atoms with Gasteiger partial charge >= 0.3 is 0 Å². The molecule has 1 aromatic heterocycles. The lowest BCUT2D eigenvalue weighted by atomic mass is 10.1. The number of thiophene rings is 1. The predicted octanol–water partition coefficient (Wildman–Crippen LogP) is 4.31. The van der Waals surface area contributed by atoms with E-state index in [4.69, 9.17) is 14.2 Å². The SMILES string of the molecule is CCCCC(=O)N(CCOC)CC(=O)N(CCc1ccc(OC)c(OC)c1)Cc1sccc1C. The minimum Gasteiger partial charge on any atom is -0.493 e. The van der Waals surface area contributed by atoms with Gasteiger partial charge in [-0.2, -0.15) is 0 Å². The molecule has 0 aliphatic rings. The number of ether oxygens (including phenoxy) is 3. The Morgan fingerprint density at radius 3 is 2.35 bits per heavy atom. The van der Waals surface area contributed by atoms with Gasteiger partial charge in [-0.3, -0.25) is 9.59 Å². The van der Waals surface area contributed by atoms with Gasteiger partial charge in [-0.25, -0.2) is 0 Å². The molecule has 0 N–H and O–H groups in total. The van der Waals surface area contributed by atoms with Crippen molar-refractivity contribution in [2.45, 2.75) is 46.1 Å². The van der Waals surface area contributed by atoms with Crippen molar-refractivity contribution in [3.05, 3.63) is 45.6 Å². The summed E-state index contributed by atoms with van der Waals surface area (Å²) in [5, 5.41) is 2.04. The number of methoxy groups -OCH3 is 3. The summed E-state index contributed by atoms with van der Waals surface area (Å²) in [5.41, 5.74) is 2.22. The minimum atomic E-state index is -0.0609. The molecule has 0 radical (unpaired) electrons. The van der Waals surface area contributed by atoms with Crippen LogP contribution in [0.25, 0.3) is 0 Å². The van der Waals surface area contributed by atoms with Gasteiger partial charge in [-0.1, -0.05) is 19.4 Å². The molecule has 0 saturated carbocycles. The number of nitrogens with zero attached hydrogens (tertiary/aromatic N) is 2. The van der Waals surface area contributed by atoms with Crippen LogP contribution < -0.4 is 9.47 Å². The number of carbonyl (C=O) groups excluding carboxylic acids is 2. The zero-order valence-electron chi connectivity index (χ0n) is 21.1. The van der Waals surface area contributed by atoms with Gasteiger partial charge in [0.2, 0.25) is 11.8 Å². The van der Waals surface area contributed by atoms with E-state index in [2.05, 4.69) is 19.9 Å². The van der Waals surface area contributed by atoms with Crippen molar-refractivity contribution >= 4 is 23.2 Å². The summed E-state index contributed by atoms with van der Waals surface area (Å²) in [6.07, 6.45) is 2.86. The van der Waals surface area contributed by atoms with Crippen LogP contribution >= 0.6 is 11.3 Å². The number of benzene rings is 1. The monoisotopic (exact) mass is 490 g/mol. The van der Waals surface area contributed by atoms with Gasteiger partial charge in [0.1, 0.15) is 0 Å². The molecule has 0 aliphatic heterocycles. The van der Waals surface area contributed by atoms with Crippen molar-refractivity contribution in [3.63, 3.8) is 0 Å². The summed E-state index contributed by atoms with van der Waals surface area (Å²) in [5.74, 6) is 1.28. The quantitative estimate of drug-likeness (QED) is 0.372. The summed E-state index contributed by atoms with van der Waals surface area (Å²) >= 11 is 1.65. The average molecular weight is 491 g/mol. The average Bonchev–Trinajstić information content (AvgIpc) is 3.26. The van der Waals surface area contributed by atoms with Gasteiger partial charge in [0, 0.05) is 31.5 Å². The molecule has 1 heterocycles. The highest BCUT2D eigenvalue weighted by Crippen LogP contribution is 2.28. The van der Waals surface area contributed by atoms with Gasteiger partial charge in [-0.05, 0) is 54.5 Å². The maximum Gasteiger partial charge on any atom is 0.242 e. The highest BCUT2D eigenvalue weighted by atomic mass is 32.1. The first-order valence-corrected chi connectivity index (χ1v) is 12.6. The smallest absolute Gasteiger partial charge is 0.242 e. The molecule has 8 heteroatoms. The molecule has 0 saturated heterocycles. The van der Waals surface area contributed by atoms with Crippen LogP contribution in [0.4, 0.5) is 0 Å². The van der Waals surface area contributed by atoms with E-state index in [-0.39, 0.29) is 18.4 Å². The highest BCUT2D eigenvalue weighted by molar-refractivity contribution is 7.10. The lowest BCUT2D eigenvalue weighted by Gasteiger charge is -2.28. The number of rotatable bonds is 15. The second-order valence-electron chi connectivity index (χ2n) is 8.19. The molecule has 2 rings (SSSR count). The first kappa shape index (κ1) is 27.7. The summed E-state index contributed by atoms with van der Waals surface area (Å²) in [4.78, 5) is 30.8. The van der Waals surface area contributed by atoms with Crippen LogP contribution in [0.15, 0.2) is 29.6 Å². The van der Waals surface area contributed by atoms with Crippen molar-refractivity contribution < 1.29 is 23.8 Å². The van der Waals surface area contributed by atoms with Crippen LogP contribution in [0.3, 0.4) is 0 Å². The summed E-state index contributed by atoms with van der Waals surface area (Å²) in [6, 6.07) is 7.87. The number of aryl methyl sites for hydroxylation is 1. The molecule has 0 bridgehead atoms. The zero-order chi connectivity index (χ0) is 24.9. The van der Waals surface area contributed by atoms with Crippen LogP contribution in [0.5, 0.6) is 11.5 Å². The molecule has 0 fully saturated rings. The number of hydrogen-bond donors (Lipinski definition) is 0. The van der Waals surface area contributed by atoms with Gasteiger partial charge < -0.3 is 24.0 Å². The van der Waals surface area contributed by atoms with Gasteiger partial charge in [0.15, 0.2) is 11.5 Å². The van der Waals surface area contributed by atoms with Crippen LogP contribution in [-0.2, 0) is 27.3 Å². The lowest BCUT2D eigenvalue weighted by molar-refractivity contribution is -0.141. The zero-order valence-corrected chi connectivity index (χ0v) is 21.9. The van der Waals surface area contributed by atoms with E-state index in [0.29, 0.717) is 50.6 Å². The highest BCUT2D eigenvalue weighted by Gasteiger charge is 2.22. The standard InChI is InChI=1S/C26H38N2O5S/c1-6-7-8-25(29)28(14-15-31-3)19-26(30)27(18-24-20(2)12-16-34-24)13-11-21-9-10-22(32-4)23(17-21)33-5/h9-10,12,16-17H,6-8,11,13-15,18-19H2,1-5H3. The first-order valence-electron chi connectivity index (χ1n) is 11.7. The molecule has 2 amide bonds. The molecule has 1 aromatic carbocycles. The molecule has 0 unspecified atom stereocenters. The van der Waals surface area contributed by atoms with Crippen LogP contribution in [0.2, 0.25) is 0 Å². The predicted molar refractivity (Wildman–Crippen MR) is 136 cm³/mol. The Hall–Kier alpha value is -2.58. The topological polar surface area (TPSA) is 68.3 Å². The molecule has 2 aromatic rings. The first-order chi connectivity index (χ1) is 16.4. The number of carbonyl (C=O) groups is 2. The minimum absolute atomic E-state index is 0.000560. The van der Waals surface area contributed by atoms with Gasteiger partial charge in [0.25, 0.3) is 0 Å². The van der Waals surface area contributed by atoms with Crippen molar-refractivity contribution in [2.75, 3.05) is 47.6 Å². The van der Waals surface area contributed by atoms with E-state index >= 15 is 0 Å². The van der Waals surface area contributed by atoms with Crippen molar-refractivity contribution in [1.29, 1.82) is 0 Å². The second-order valence-corrected chi connectivity index (χ2v) is 9.19. The molecule has 188 valence electrons. The van der Waals surface area contributed by atoms with Crippen molar-refractivity contribution in [3.8, 4) is 11.5 Å². The van der Waals surface area contributed by atoms with E-state index in [1.54, 1.807) is 37.6 Å². The third kappa shape index (κ3) is 8.33. The normalized spacial score (nSPS) is 10.7. The third-order valence-corrected chi connectivity index (χ3v) is 6.77. The Labute approximate surface area is 207 Å². The summed E-state index contributed by atoms with van der Waals surface area (Å²) < 4.78 is 15.9. The Morgan fingerprint density at radius 2 is 1.74 bits per heavy atom. The summed E-state index contributed by atoms with van der Waals surface area (Å²) in [6.45, 7) is 6.04. The molecule has 0 aliphatic carbocycles. The number of hydrogen-bond acceptors (Lipinski definition) is 6. The van der Waals surface area contributed by atoms with Crippen molar-refractivity contribution in [1.82, 2.24) is 9.80 Å². The van der Waals surface area contributed by atoms with E-state index in [0.717, 1.165) is 23.3 Å². The molecule has 7 nitrogen and oxygen atoms in total. The Kier molecular flexibility index (Phi) is 11.9. The fraction of sp³-hybridized carbons (Fsp3) is 0.538. The van der Waals surface area contributed by atoms with Crippen LogP contribution in [-0.4, -0.2) is 69.2 Å². The second kappa shape index (κ2) is 14.6. The Balaban J connectivity index is 2.17. The van der Waals surface area contributed by atoms with E-state index in [1.807, 2.05) is 28.5 Å². The van der Waals surface area contributed by atoms with E-state index in [1.165, 1.54) is 5.56 Å². The Bertz CT molecular complexity index is 914. The molecular formula is C26H38N2O5S. The summed E-state index contributed by atoms with van der Waals surface area (Å²) in [7, 11) is 4.82. The lowest BCUT2D eigenvalue weighted by Crippen LogP contribution is -2.44. The number of unbranched alkanes of at least 4 members (excludes halogenated alkanes) is 1. The maximum absolute atomic E-state index is 13.4.